The predicted molar refractivity (Wildman–Crippen MR) is 60.3 cm³/mol. The lowest BCUT2D eigenvalue weighted by atomic mass is 9.70. The van der Waals surface area contributed by atoms with E-state index in [0.717, 1.165) is 5.56 Å². The molecule has 0 fully saturated rings. The lowest BCUT2D eigenvalue weighted by Crippen LogP contribution is -2.49. The molecule has 1 aromatic carbocycles. The van der Waals surface area contributed by atoms with Gasteiger partial charge in [0, 0.05) is 0 Å². The van der Waals surface area contributed by atoms with Crippen molar-refractivity contribution in [3.05, 3.63) is 35.9 Å². The van der Waals surface area contributed by atoms with Crippen molar-refractivity contribution in [2.45, 2.75) is 24.9 Å². The zero-order chi connectivity index (χ0) is 11.5. The van der Waals surface area contributed by atoms with Crippen molar-refractivity contribution in [1.29, 1.82) is 0 Å². The van der Waals surface area contributed by atoms with E-state index in [0.29, 0.717) is 0 Å². The number of terminal acetylenes is 1. The van der Waals surface area contributed by atoms with Gasteiger partial charge in [-0.25, -0.2) is 0 Å². The summed E-state index contributed by atoms with van der Waals surface area (Å²) in [6, 6.07) is 9.29. The second-order valence-corrected chi connectivity index (χ2v) is 4.07. The summed E-state index contributed by atoms with van der Waals surface area (Å²) >= 11 is 0. The van der Waals surface area contributed by atoms with Gasteiger partial charge >= 0.3 is 0 Å². The largest absolute Gasteiger partial charge is 0.395 e. The highest BCUT2D eigenvalue weighted by Crippen LogP contribution is 2.34. The first-order valence-electron chi connectivity index (χ1n) is 4.84. The van der Waals surface area contributed by atoms with Crippen LogP contribution >= 0.6 is 0 Å². The molecule has 0 bridgehead atoms. The fourth-order valence-corrected chi connectivity index (χ4v) is 1.49. The average Bonchev–Trinajstić information content (AvgIpc) is 2.29. The van der Waals surface area contributed by atoms with Crippen LogP contribution in [0.15, 0.2) is 30.3 Å². The van der Waals surface area contributed by atoms with E-state index < -0.39 is 11.0 Å². The molecular formula is C13H16O2. The second-order valence-electron chi connectivity index (χ2n) is 4.07. The van der Waals surface area contributed by atoms with Crippen LogP contribution in [-0.4, -0.2) is 22.4 Å². The van der Waals surface area contributed by atoms with E-state index in [-0.39, 0.29) is 6.61 Å². The maximum atomic E-state index is 10.1. The molecule has 1 rings (SSSR count). The maximum absolute atomic E-state index is 10.1. The van der Waals surface area contributed by atoms with Gasteiger partial charge < -0.3 is 10.2 Å². The molecule has 0 unspecified atom stereocenters. The third-order valence-electron chi connectivity index (χ3n) is 3.08. The Labute approximate surface area is 90.6 Å². The first-order valence-corrected chi connectivity index (χ1v) is 4.84. The zero-order valence-corrected chi connectivity index (χ0v) is 9.07. The molecular weight excluding hydrogens is 188 g/mol. The Morgan fingerprint density at radius 2 is 1.80 bits per heavy atom. The van der Waals surface area contributed by atoms with E-state index in [1.807, 2.05) is 30.3 Å². The molecule has 0 saturated heterocycles. The predicted octanol–water partition coefficient (Wildman–Crippen LogP) is 1.32. The van der Waals surface area contributed by atoms with Crippen molar-refractivity contribution in [1.82, 2.24) is 0 Å². The maximum Gasteiger partial charge on any atom is 0.133 e. The Hall–Kier alpha value is -1.30. The Bertz CT molecular complexity index is 362. The standard InChI is InChI=1S/C13H16O2/c1-4-13(3,15)12(2,10-14)11-8-6-5-7-9-11/h1,5-9,14-15H,10H2,2-3H3/t12-,13+/m1/s1. The minimum absolute atomic E-state index is 0.200. The second kappa shape index (κ2) is 4.06. The summed E-state index contributed by atoms with van der Waals surface area (Å²) in [6.45, 7) is 3.09. The first-order chi connectivity index (χ1) is 6.98. The van der Waals surface area contributed by atoms with Crippen LogP contribution in [0.25, 0.3) is 0 Å². The molecule has 0 radical (unpaired) electrons. The fraction of sp³-hybridized carbons (Fsp3) is 0.385. The Morgan fingerprint density at radius 1 is 1.27 bits per heavy atom. The summed E-state index contributed by atoms with van der Waals surface area (Å²) in [5.41, 5.74) is -1.39. The van der Waals surface area contributed by atoms with Crippen molar-refractivity contribution < 1.29 is 10.2 Å². The SMILES string of the molecule is C#C[C@](C)(O)[C@](C)(CO)c1ccccc1. The highest BCUT2D eigenvalue weighted by molar-refractivity contribution is 5.33. The van der Waals surface area contributed by atoms with Gasteiger partial charge in [0.25, 0.3) is 0 Å². The lowest BCUT2D eigenvalue weighted by molar-refractivity contribution is 0.00653. The molecule has 0 spiro atoms. The molecule has 80 valence electrons. The van der Waals surface area contributed by atoms with Crippen LogP contribution < -0.4 is 0 Å². The third kappa shape index (κ3) is 1.90. The summed E-state index contributed by atoms with van der Waals surface area (Å²) in [7, 11) is 0. The van der Waals surface area contributed by atoms with E-state index in [1.165, 1.54) is 6.92 Å². The van der Waals surface area contributed by atoms with Crippen molar-refractivity contribution in [2.24, 2.45) is 0 Å². The molecule has 15 heavy (non-hydrogen) atoms. The average molecular weight is 204 g/mol. The van der Waals surface area contributed by atoms with E-state index in [9.17, 15) is 10.2 Å². The molecule has 0 aliphatic rings. The summed E-state index contributed by atoms with van der Waals surface area (Å²) in [5, 5.41) is 19.5. The van der Waals surface area contributed by atoms with Gasteiger partial charge in [-0.2, -0.15) is 0 Å². The zero-order valence-electron chi connectivity index (χ0n) is 9.07. The Morgan fingerprint density at radius 3 is 2.20 bits per heavy atom. The third-order valence-corrected chi connectivity index (χ3v) is 3.08. The minimum Gasteiger partial charge on any atom is -0.395 e. The topological polar surface area (TPSA) is 40.5 Å². The van der Waals surface area contributed by atoms with Crippen LogP contribution in [-0.2, 0) is 5.41 Å². The molecule has 2 nitrogen and oxygen atoms in total. The van der Waals surface area contributed by atoms with Gasteiger partial charge in [-0.1, -0.05) is 36.3 Å². The van der Waals surface area contributed by atoms with Gasteiger partial charge in [0.15, 0.2) is 0 Å². The van der Waals surface area contributed by atoms with E-state index in [1.54, 1.807) is 6.92 Å². The summed E-state index contributed by atoms with van der Waals surface area (Å²) in [5.74, 6) is 2.33. The number of hydrogen-bond donors (Lipinski definition) is 2. The Balaban J connectivity index is 3.24. The number of aliphatic hydroxyl groups excluding tert-OH is 1. The van der Waals surface area contributed by atoms with Crippen LogP contribution in [0.3, 0.4) is 0 Å². The molecule has 0 amide bonds. The molecule has 0 saturated carbocycles. The number of hydrogen-bond acceptors (Lipinski definition) is 2. The molecule has 1 aromatic rings. The number of benzene rings is 1. The molecule has 0 aliphatic carbocycles. The van der Waals surface area contributed by atoms with Crippen LogP contribution in [0, 0.1) is 12.3 Å². The normalized spacial score (nSPS) is 18.6. The van der Waals surface area contributed by atoms with E-state index >= 15 is 0 Å². The van der Waals surface area contributed by atoms with Gasteiger partial charge in [0.2, 0.25) is 0 Å². The van der Waals surface area contributed by atoms with Gasteiger partial charge in [-0.3, -0.25) is 0 Å². The van der Waals surface area contributed by atoms with Crippen molar-refractivity contribution in [3.63, 3.8) is 0 Å². The molecule has 2 atom stereocenters. The van der Waals surface area contributed by atoms with Crippen molar-refractivity contribution in [3.8, 4) is 12.3 Å². The van der Waals surface area contributed by atoms with Gasteiger partial charge in [-0.05, 0) is 19.4 Å². The minimum atomic E-state index is -1.37. The summed E-state index contributed by atoms with van der Waals surface area (Å²) in [6.07, 6.45) is 5.29. The van der Waals surface area contributed by atoms with Crippen LogP contribution in [0.2, 0.25) is 0 Å². The van der Waals surface area contributed by atoms with Gasteiger partial charge in [0.05, 0.1) is 12.0 Å². The Kier molecular flexibility index (Phi) is 3.18. The lowest BCUT2D eigenvalue weighted by Gasteiger charge is -2.38. The number of aliphatic hydroxyl groups is 2. The fourth-order valence-electron chi connectivity index (χ4n) is 1.49. The monoisotopic (exact) mass is 204 g/mol. The van der Waals surface area contributed by atoms with Gasteiger partial charge in [0.1, 0.15) is 5.60 Å². The van der Waals surface area contributed by atoms with E-state index in [4.69, 9.17) is 6.42 Å². The van der Waals surface area contributed by atoms with Crippen LogP contribution in [0.5, 0.6) is 0 Å². The van der Waals surface area contributed by atoms with Crippen molar-refractivity contribution in [2.75, 3.05) is 6.61 Å². The number of rotatable bonds is 3. The molecule has 0 heterocycles. The quantitative estimate of drug-likeness (QED) is 0.729. The highest BCUT2D eigenvalue weighted by atomic mass is 16.3. The summed E-state index contributed by atoms with van der Waals surface area (Å²) in [4.78, 5) is 0. The smallest absolute Gasteiger partial charge is 0.133 e. The van der Waals surface area contributed by atoms with Crippen LogP contribution in [0.4, 0.5) is 0 Å². The molecule has 2 N–H and O–H groups in total. The van der Waals surface area contributed by atoms with E-state index in [2.05, 4.69) is 5.92 Å². The van der Waals surface area contributed by atoms with Gasteiger partial charge in [-0.15, -0.1) is 6.42 Å². The molecule has 2 heteroatoms. The molecule has 0 aromatic heterocycles. The molecule has 0 aliphatic heterocycles. The first kappa shape index (κ1) is 11.8. The summed E-state index contributed by atoms with van der Waals surface area (Å²) < 4.78 is 0. The van der Waals surface area contributed by atoms with Crippen molar-refractivity contribution >= 4 is 0 Å². The highest BCUT2D eigenvalue weighted by Gasteiger charge is 2.42. The van der Waals surface area contributed by atoms with Crippen LogP contribution in [0.1, 0.15) is 19.4 Å².